The maximum absolute atomic E-state index is 12.7. The molecule has 2 amide bonds. The van der Waals surface area contributed by atoms with Crippen LogP contribution in [0, 0.1) is 0 Å². The molecular formula is C22H27F3N4O2. The highest BCUT2D eigenvalue weighted by Gasteiger charge is 2.30. The van der Waals surface area contributed by atoms with Crippen LogP contribution in [0.5, 0.6) is 0 Å². The van der Waals surface area contributed by atoms with Gasteiger partial charge in [0.15, 0.2) is 0 Å². The number of carbonyl (C=O) groups is 1. The molecule has 0 radical (unpaired) electrons. The lowest BCUT2D eigenvalue weighted by molar-refractivity contribution is -0.137. The second-order valence-corrected chi connectivity index (χ2v) is 8.36. The molecule has 1 aromatic carbocycles. The van der Waals surface area contributed by atoms with Crippen molar-refractivity contribution in [2.45, 2.75) is 44.1 Å². The van der Waals surface area contributed by atoms with E-state index in [0.29, 0.717) is 25.2 Å². The fourth-order valence-corrected chi connectivity index (χ4v) is 4.20. The van der Waals surface area contributed by atoms with E-state index >= 15 is 0 Å². The standard InChI is InChI=1S/C22H27F3N4O2/c23-22(24,25)17-1-3-19(4-2-17)28-11-5-16(14-28)13-27-9-6-18(7-10-27)26-21(31)29-12-8-20(30)15-29/h1-5,11,14,18,20,30H,6-10,12-13,15H2,(H,26,31)/t20-/m0/s1. The average Bonchev–Trinajstić information content (AvgIpc) is 3.38. The molecule has 2 aliphatic rings. The van der Waals surface area contributed by atoms with Crippen molar-refractivity contribution in [3.63, 3.8) is 0 Å². The minimum Gasteiger partial charge on any atom is -0.391 e. The molecule has 6 nitrogen and oxygen atoms in total. The molecule has 168 valence electrons. The fraction of sp³-hybridized carbons (Fsp3) is 0.500. The summed E-state index contributed by atoms with van der Waals surface area (Å²) >= 11 is 0. The van der Waals surface area contributed by atoms with Crippen LogP contribution in [0.2, 0.25) is 0 Å². The van der Waals surface area contributed by atoms with Gasteiger partial charge in [0.05, 0.1) is 11.7 Å². The molecule has 2 aromatic rings. The van der Waals surface area contributed by atoms with Crippen LogP contribution in [0.3, 0.4) is 0 Å². The summed E-state index contributed by atoms with van der Waals surface area (Å²) in [7, 11) is 0. The third-order valence-electron chi connectivity index (χ3n) is 6.02. The molecule has 0 saturated carbocycles. The third-order valence-corrected chi connectivity index (χ3v) is 6.02. The van der Waals surface area contributed by atoms with Gasteiger partial charge in [-0.3, -0.25) is 4.90 Å². The number of aliphatic hydroxyl groups is 1. The Balaban J connectivity index is 1.26. The maximum Gasteiger partial charge on any atom is 0.416 e. The van der Waals surface area contributed by atoms with E-state index in [1.807, 2.05) is 23.0 Å². The van der Waals surface area contributed by atoms with E-state index < -0.39 is 17.8 Å². The number of β-amino-alcohol motifs (C(OH)–C–C–N with tert-alkyl or cyclic N) is 1. The van der Waals surface area contributed by atoms with Crippen molar-refractivity contribution in [3.8, 4) is 5.69 Å². The van der Waals surface area contributed by atoms with Gasteiger partial charge >= 0.3 is 12.2 Å². The van der Waals surface area contributed by atoms with Crippen LogP contribution >= 0.6 is 0 Å². The predicted octanol–water partition coefficient (Wildman–Crippen LogP) is 3.24. The van der Waals surface area contributed by atoms with E-state index in [2.05, 4.69) is 10.2 Å². The molecule has 1 aromatic heterocycles. The van der Waals surface area contributed by atoms with Crippen LogP contribution in [0.25, 0.3) is 5.69 Å². The van der Waals surface area contributed by atoms with Crippen molar-refractivity contribution in [1.29, 1.82) is 0 Å². The van der Waals surface area contributed by atoms with Gasteiger partial charge in [-0.2, -0.15) is 13.2 Å². The summed E-state index contributed by atoms with van der Waals surface area (Å²) in [6.07, 6.45) is 1.41. The number of aliphatic hydroxyl groups excluding tert-OH is 1. The van der Waals surface area contributed by atoms with Gasteiger partial charge in [-0.25, -0.2) is 4.79 Å². The summed E-state index contributed by atoms with van der Waals surface area (Å²) in [5.74, 6) is 0. The van der Waals surface area contributed by atoms with Crippen molar-refractivity contribution in [1.82, 2.24) is 19.7 Å². The van der Waals surface area contributed by atoms with Gasteiger partial charge in [0.2, 0.25) is 0 Å². The Morgan fingerprint density at radius 3 is 2.39 bits per heavy atom. The molecule has 2 fully saturated rings. The topological polar surface area (TPSA) is 60.7 Å². The van der Waals surface area contributed by atoms with Crippen molar-refractivity contribution in [2.24, 2.45) is 0 Å². The molecule has 4 rings (SSSR count). The molecule has 0 unspecified atom stereocenters. The minimum atomic E-state index is -4.33. The van der Waals surface area contributed by atoms with Gasteiger partial charge in [0, 0.05) is 56.8 Å². The Morgan fingerprint density at radius 1 is 1.06 bits per heavy atom. The van der Waals surface area contributed by atoms with E-state index in [4.69, 9.17) is 0 Å². The predicted molar refractivity (Wildman–Crippen MR) is 110 cm³/mol. The van der Waals surface area contributed by atoms with E-state index in [9.17, 15) is 23.1 Å². The van der Waals surface area contributed by atoms with Gasteiger partial charge in [-0.15, -0.1) is 0 Å². The lowest BCUT2D eigenvalue weighted by Crippen LogP contribution is -2.48. The first-order valence-electron chi connectivity index (χ1n) is 10.6. The van der Waals surface area contributed by atoms with Crippen molar-refractivity contribution in [3.05, 3.63) is 53.9 Å². The Labute approximate surface area is 179 Å². The SMILES string of the molecule is O=C(NC1CCN(Cc2ccn(-c3ccc(C(F)(F)F)cc3)c2)CC1)N1CC[C@H](O)C1. The highest BCUT2D eigenvalue weighted by Crippen LogP contribution is 2.29. The molecular weight excluding hydrogens is 409 g/mol. The van der Waals surface area contributed by atoms with Crippen LogP contribution < -0.4 is 5.32 Å². The Kier molecular flexibility index (Phi) is 6.24. The molecule has 2 saturated heterocycles. The van der Waals surface area contributed by atoms with E-state index in [1.54, 1.807) is 4.90 Å². The number of hydrogen-bond donors (Lipinski definition) is 2. The minimum absolute atomic E-state index is 0.0939. The normalized spacial score (nSPS) is 20.9. The number of halogens is 3. The van der Waals surface area contributed by atoms with Gasteiger partial charge < -0.3 is 19.9 Å². The molecule has 9 heteroatoms. The van der Waals surface area contributed by atoms with E-state index in [0.717, 1.165) is 50.2 Å². The maximum atomic E-state index is 12.7. The molecule has 31 heavy (non-hydrogen) atoms. The van der Waals surface area contributed by atoms with Crippen LogP contribution in [0.15, 0.2) is 42.7 Å². The van der Waals surface area contributed by atoms with E-state index in [-0.39, 0.29) is 12.1 Å². The molecule has 2 N–H and O–H groups in total. The first-order chi connectivity index (χ1) is 14.8. The smallest absolute Gasteiger partial charge is 0.391 e. The van der Waals surface area contributed by atoms with Gasteiger partial charge in [0.25, 0.3) is 0 Å². The number of aromatic nitrogens is 1. The number of benzene rings is 1. The molecule has 3 heterocycles. The zero-order valence-corrected chi connectivity index (χ0v) is 17.2. The van der Waals surface area contributed by atoms with Crippen molar-refractivity contribution >= 4 is 6.03 Å². The number of piperidine rings is 1. The second-order valence-electron chi connectivity index (χ2n) is 8.36. The van der Waals surface area contributed by atoms with Crippen LogP contribution in [-0.4, -0.2) is 63.8 Å². The number of amides is 2. The Bertz CT molecular complexity index is 889. The molecule has 0 spiro atoms. The number of hydrogen-bond acceptors (Lipinski definition) is 3. The number of likely N-dealkylation sites (tertiary alicyclic amines) is 2. The molecule has 1 atom stereocenters. The summed E-state index contributed by atoms with van der Waals surface area (Å²) < 4.78 is 40.0. The summed E-state index contributed by atoms with van der Waals surface area (Å²) in [4.78, 5) is 16.3. The second kappa shape index (κ2) is 8.92. The fourth-order valence-electron chi connectivity index (χ4n) is 4.20. The summed E-state index contributed by atoms with van der Waals surface area (Å²) in [6, 6.07) is 7.15. The number of nitrogens with one attached hydrogen (secondary N) is 1. The highest BCUT2D eigenvalue weighted by atomic mass is 19.4. The van der Waals surface area contributed by atoms with Gasteiger partial charge in [-0.1, -0.05) is 0 Å². The Hall–Kier alpha value is -2.52. The van der Waals surface area contributed by atoms with Crippen molar-refractivity contribution < 1.29 is 23.1 Å². The first-order valence-corrected chi connectivity index (χ1v) is 10.6. The molecule has 0 aliphatic carbocycles. The number of alkyl halides is 3. The summed E-state index contributed by atoms with van der Waals surface area (Å²) in [6.45, 7) is 3.48. The largest absolute Gasteiger partial charge is 0.416 e. The lowest BCUT2D eigenvalue weighted by Gasteiger charge is -2.33. The third kappa shape index (κ3) is 5.40. The monoisotopic (exact) mass is 436 g/mol. The van der Waals surface area contributed by atoms with Crippen molar-refractivity contribution in [2.75, 3.05) is 26.2 Å². The van der Waals surface area contributed by atoms with Crippen LogP contribution in [0.4, 0.5) is 18.0 Å². The number of nitrogens with zero attached hydrogens (tertiary/aromatic N) is 3. The first kappa shape index (κ1) is 21.7. The Morgan fingerprint density at radius 2 is 1.77 bits per heavy atom. The summed E-state index contributed by atoms with van der Waals surface area (Å²) in [5, 5.41) is 12.6. The number of carbonyl (C=O) groups excluding carboxylic acids is 1. The summed E-state index contributed by atoms with van der Waals surface area (Å²) in [5.41, 5.74) is 1.13. The zero-order valence-electron chi connectivity index (χ0n) is 17.2. The zero-order chi connectivity index (χ0) is 22.0. The average molecular weight is 436 g/mol. The number of urea groups is 1. The van der Waals surface area contributed by atoms with E-state index in [1.165, 1.54) is 12.1 Å². The van der Waals surface area contributed by atoms with Crippen LogP contribution in [-0.2, 0) is 12.7 Å². The van der Waals surface area contributed by atoms with Gasteiger partial charge in [-0.05, 0) is 55.2 Å². The number of rotatable bonds is 4. The lowest BCUT2D eigenvalue weighted by atomic mass is 10.0. The highest BCUT2D eigenvalue weighted by molar-refractivity contribution is 5.74. The quantitative estimate of drug-likeness (QED) is 0.774. The molecule has 2 aliphatic heterocycles. The van der Waals surface area contributed by atoms with Gasteiger partial charge in [0.1, 0.15) is 0 Å². The molecule has 0 bridgehead atoms. The van der Waals surface area contributed by atoms with Crippen LogP contribution in [0.1, 0.15) is 30.4 Å².